The zero-order valence-electron chi connectivity index (χ0n) is 32.7. The molecule has 5 aromatic carbocycles. The highest BCUT2D eigenvalue weighted by molar-refractivity contribution is 6.39. The number of aromatic nitrogens is 2. The highest BCUT2D eigenvalue weighted by Gasteiger charge is 2.39. The van der Waals surface area contributed by atoms with Crippen molar-refractivity contribution < 1.29 is 32.5 Å². The Hall–Kier alpha value is -5.42. The summed E-state index contributed by atoms with van der Waals surface area (Å²) in [5, 5.41) is 1.12. The van der Waals surface area contributed by atoms with Crippen molar-refractivity contribution in [3.63, 3.8) is 0 Å². The van der Waals surface area contributed by atoms with E-state index in [0.29, 0.717) is 50.5 Å². The molecule has 0 aliphatic rings. The number of halogens is 4. The minimum atomic E-state index is -1.14. The van der Waals surface area contributed by atoms with E-state index in [0.717, 1.165) is 16.7 Å². The Morgan fingerprint density at radius 3 is 1.88 bits per heavy atom. The monoisotopic (exact) mass is 852 g/mol. The maximum atomic E-state index is 14.1. The highest BCUT2D eigenvalue weighted by atomic mass is 35.5. The number of rotatable bonds is 16. The van der Waals surface area contributed by atoms with E-state index >= 15 is 0 Å². The normalized spacial score (nSPS) is 12.1. The van der Waals surface area contributed by atoms with Crippen LogP contribution in [0.1, 0.15) is 27.8 Å². The van der Waals surface area contributed by atoms with Crippen LogP contribution < -0.4 is 14.2 Å². The highest BCUT2D eigenvalue weighted by Crippen LogP contribution is 2.51. The lowest BCUT2D eigenvalue weighted by Gasteiger charge is -2.37. The van der Waals surface area contributed by atoms with Gasteiger partial charge in [0, 0.05) is 11.1 Å². The van der Waals surface area contributed by atoms with Gasteiger partial charge in [-0.1, -0.05) is 95.5 Å². The second-order valence-corrected chi connectivity index (χ2v) is 14.7. The minimum Gasteiger partial charge on any atom is -0.497 e. The van der Waals surface area contributed by atoms with Crippen LogP contribution >= 0.6 is 34.8 Å². The van der Waals surface area contributed by atoms with Crippen LogP contribution in [0.25, 0.3) is 33.6 Å². The Balaban J connectivity index is 1.33. The van der Waals surface area contributed by atoms with Gasteiger partial charge in [0.25, 0.3) is 0 Å². The van der Waals surface area contributed by atoms with Crippen molar-refractivity contribution >= 4 is 45.9 Å². The summed E-state index contributed by atoms with van der Waals surface area (Å²) in [6.07, 6.45) is 2.24. The number of methoxy groups -OCH3 is 2. The first-order valence-corrected chi connectivity index (χ1v) is 19.8. The third kappa shape index (κ3) is 8.26. The van der Waals surface area contributed by atoms with E-state index in [1.807, 2.05) is 92.7 Å². The third-order valence-electron chi connectivity index (χ3n) is 10.1. The fraction of sp³-hybridized carbons (Fsp3) is 0.191. The van der Waals surface area contributed by atoms with E-state index < -0.39 is 17.5 Å². The van der Waals surface area contributed by atoms with Gasteiger partial charge >= 0.3 is 0 Å². The molecule has 7 rings (SSSR count). The largest absolute Gasteiger partial charge is 0.497 e. The molecule has 0 N–H and O–H groups in total. The average Bonchev–Trinajstić information content (AvgIpc) is 3.65. The van der Waals surface area contributed by atoms with Gasteiger partial charge in [-0.2, -0.15) is 0 Å². The molecule has 7 aromatic rings. The molecule has 2 aromatic heterocycles. The van der Waals surface area contributed by atoms with Crippen molar-refractivity contribution in [1.29, 1.82) is 0 Å². The molecule has 0 fully saturated rings. The Bertz CT molecular complexity index is 2490. The van der Waals surface area contributed by atoms with Crippen molar-refractivity contribution in [2.75, 3.05) is 34.0 Å². The Morgan fingerprint density at radius 1 is 0.746 bits per heavy atom. The van der Waals surface area contributed by atoms with Crippen molar-refractivity contribution in [3.05, 3.63) is 171 Å². The molecule has 0 saturated heterocycles. The summed E-state index contributed by atoms with van der Waals surface area (Å²) in [6, 6.07) is 31.4. The van der Waals surface area contributed by atoms with Crippen molar-refractivity contribution in [2.24, 2.45) is 0 Å². The molecule has 0 bridgehead atoms. The topological polar surface area (TPSA) is 85.1 Å². The number of benzene rings is 5. The van der Waals surface area contributed by atoms with E-state index in [1.165, 1.54) is 18.5 Å². The van der Waals surface area contributed by atoms with Gasteiger partial charge in [0.05, 0.1) is 49.5 Å². The Morgan fingerprint density at radius 2 is 1.32 bits per heavy atom. The number of hydrogen-bond donors (Lipinski definition) is 0. The minimum absolute atomic E-state index is 0.0185. The van der Waals surface area contributed by atoms with Gasteiger partial charge < -0.3 is 28.1 Å². The van der Waals surface area contributed by atoms with Gasteiger partial charge in [0.15, 0.2) is 5.75 Å². The predicted molar refractivity (Wildman–Crippen MR) is 231 cm³/mol. The third-order valence-corrected chi connectivity index (χ3v) is 11.3. The van der Waals surface area contributed by atoms with Gasteiger partial charge in [-0.05, 0) is 95.8 Å². The zero-order chi connectivity index (χ0) is 41.7. The number of ether oxygens (including phenoxy) is 5. The lowest BCUT2D eigenvalue weighted by atomic mass is 9.80. The van der Waals surface area contributed by atoms with Crippen molar-refractivity contribution in [2.45, 2.75) is 25.6 Å². The van der Waals surface area contributed by atoms with E-state index in [4.69, 9.17) is 62.9 Å². The van der Waals surface area contributed by atoms with Crippen LogP contribution in [0.15, 0.2) is 127 Å². The standard InChI is InChI=1S/C47H40Cl3FN2O6/c1-6-24-56-25-37(26-57-47(31-10-8-7-9-11-31,32-14-20-35(54-4)21-15-32)33-16-22-36(55-5)23-17-33)58-44-41(48)28(2)38(29(3)42(44)49)39-40-45(50)52-27-53-46(40)59-43(39)30-12-18-34(51)19-13-30/h6-23,27,37H,1,24-26H2,2-5H3/t37-/m1/s1. The van der Waals surface area contributed by atoms with E-state index in [1.54, 1.807) is 32.4 Å². The van der Waals surface area contributed by atoms with Crippen LogP contribution in [-0.2, 0) is 15.1 Å². The maximum Gasteiger partial charge on any atom is 0.231 e. The first kappa shape index (κ1) is 41.7. The van der Waals surface area contributed by atoms with E-state index in [-0.39, 0.29) is 46.5 Å². The molecule has 0 aliphatic heterocycles. The predicted octanol–water partition coefficient (Wildman–Crippen LogP) is 12.2. The maximum absolute atomic E-state index is 14.1. The number of furan rings is 1. The number of fused-ring (bicyclic) bond motifs is 1. The number of hydrogen-bond acceptors (Lipinski definition) is 8. The molecule has 0 saturated carbocycles. The fourth-order valence-corrected chi connectivity index (χ4v) is 7.95. The van der Waals surface area contributed by atoms with Crippen LogP contribution in [0.4, 0.5) is 4.39 Å². The summed E-state index contributed by atoms with van der Waals surface area (Å²) < 4.78 is 51.3. The molecule has 2 heterocycles. The Labute approximate surface area is 357 Å². The molecule has 0 radical (unpaired) electrons. The average molecular weight is 854 g/mol. The van der Waals surface area contributed by atoms with Crippen molar-refractivity contribution in [1.82, 2.24) is 9.97 Å². The first-order chi connectivity index (χ1) is 28.6. The van der Waals surface area contributed by atoms with Gasteiger partial charge in [0.2, 0.25) is 5.71 Å². The number of nitrogens with zero attached hydrogens (tertiary/aromatic N) is 2. The summed E-state index contributed by atoms with van der Waals surface area (Å²) in [5.74, 6) is 1.64. The molecule has 302 valence electrons. The molecular formula is C47H40Cl3FN2O6. The van der Waals surface area contributed by atoms with Crippen LogP contribution in [0.5, 0.6) is 17.2 Å². The van der Waals surface area contributed by atoms with Crippen LogP contribution in [0.2, 0.25) is 15.2 Å². The molecule has 12 heteroatoms. The Kier molecular flexibility index (Phi) is 12.9. The van der Waals surface area contributed by atoms with Gasteiger partial charge in [-0.15, -0.1) is 6.58 Å². The van der Waals surface area contributed by atoms with E-state index in [2.05, 4.69) is 16.5 Å². The molecule has 0 unspecified atom stereocenters. The van der Waals surface area contributed by atoms with Crippen molar-refractivity contribution in [3.8, 4) is 39.7 Å². The second-order valence-electron chi connectivity index (χ2n) is 13.6. The molecule has 8 nitrogen and oxygen atoms in total. The summed E-state index contributed by atoms with van der Waals surface area (Å²) >= 11 is 21.2. The zero-order valence-corrected chi connectivity index (χ0v) is 35.0. The fourth-order valence-electron chi connectivity index (χ4n) is 7.22. The lowest BCUT2D eigenvalue weighted by molar-refractivity contribution is -0.0523. The van der Waals surface area contributed by atoms with Gasteiger partial charge in [-0.3, -0.25) is 0 Å². The molecule has 0 amide bonds. The van der Waals surface area contributed by atoms with Gasteiger partial charge in [-0.25, -0.2) is 14.4 Å². The molecule has 59 heavy (non-hydrogen) atoms. The van der Waals surface area contributed by atoms with Crippen LogP contribution in [0, 0.1) is 19.7 Å². The second kappa shape index (κ2) is 18.2. The summed E-state index contributed by atoms with van der Waals surface area (Å²) in [7, 11) is 3.25. The van der Waals surface area contributed by atoms with Crippen LogP contribution in [0.3, 0.4) is 0 Å². The van der Waals surface area contributed by atoms with E-state index in [9.17, 15) is 4.39 Å². The summed E-state index contributed by atoms with van der Waals surface area (Å²) in [5.41, 5.74) is 4.71. The summed E-state index contributed by atoms with van der Waals surface area (Å²) in [4.78, 5) is 8.57. The smallest absolute Gasteiger partial charge is 0.231 e. The quantitative estimate of drug-likeness (QED) is 0.0411. The molecule has 1 atom stereocenters. The SMILES string of the molecule is C=CCOC[C@H](COC(c1ccccc1)(c1ccc(OC)cc1)c1ccc(OC)cc1)Oc1c(Cl)c(C)c(-c2c(-c3ccc(F)cc3)oc3ncnc(Cl)c23)c(C)c1Cl. The lowest BCUT2D eigenvalue weighted by Crippen LogP contribution is -2.38. The van der Waals surface area contributed by atoms with Crippen LogP contribution in [-0.4, -0.2) is 50.1 Å². The summed E-state index contributed by atoms with van der Waals surface area (Å²) in [6.45, 7) is 7.91. The molecule has 0 aliphatic carbocycles. The molecular weight excluding hydrogens is 814 g/mol. The molecule has 0 spiro atoms. The van der Waals surface area contributed by atoms with Gasteiger partial charge in [0.1, 0.15) is 46.3 Å². The first-order valence-electron chi connectivity index (χ1n) is 18.6.